The molecule has 8 heteroatoms. The van der Waals surface area contributed by atoms with E-state index >= 15 is 0 Å². The Morgan fingerprint density at radius 2 is 2.13 bits per heavy atom. The number of benzene rings is 1. The minimum Gasteiger partial charge on any atom is -0.496 e. The Morgan fingerprint density at radius 1 is 1.30 bits per heavy atom. The molecule has 7 nitrogen and oxygen atoms in total. The van der Waals surface area contributed by atoms with Gasteiger partial charge in [-0.2, -0.15) is 0 Å². The number of carbonyl (C=O) groups excluding carboxylic acids is 3. The van der Waals surface area contributed by atoms with Crippen molar-refractivity contribution in [2.24, 2.45) is 0 Å². The molecule has 2 aromatic rings. The molecule has 0 radical (unpaired) electrons. The second-order valence-corrected chi connectivity index (χ2v) is 7.48. The van der Waals surface area contributed by atoms with E-state index in [0.29, 0.717) is 10.7 Å². The normalized spacial score (nSPS) is 15.3. The largest absolute Gasteiger partial charge is 0.496 e. The van der Waals surface area contributed by atoms with Gasteiger partial charge in [0.1, 0.15) is 5.75 Å². The highest BCUT2D eigenvalue weighted by molar-refractivity contribution is 8.18. The topological polar surface area (TPSA) is 88.6 Å². The van der Waals surface area contributed by atoms with Crippen molar-refractivity contribution in [3.8, 4) is 5.75 Å². The molecular formula is C22H21N3O4S. The summed E-state index contributed by atoms with van der Waals surface area (Å²) in [5.74, 6) is -0.0255. The molecule has 1 fully saturated rings. The van der Waals surface area contributed by atoms with Crippen LogP contribution in [0.2, 0.25) is 0 Å². The van der Waals surface area contributed by atoms with Crippen LogP contribution in [-0.4, -0.2) is 47.1 Å². The number of carbonyl (C=O) groups is 3. The van der Waals surface area contributed by atoms with Crippen LogP contribution in [-0.2, 0) is 9.59 Å². The summed E-state index contributed by atoms with van der Waals surface area (Å²) in [5, 5.41) is 2.33. The molecule has 0 aliphatic carbocycles. The summed E-state index contributed by atoms with van der Waals surface area (Å²) in [6, 6.07) is 9.24. The van der Waals surface area contributed by atoms with E-state index in [4.69, 9.17) is 4.74 Å². The number of aryl methyl sites for hydroxylation is 1. The lowest BCUT2D eigenvalue weighted by Gasteiger charge is -2.12. The summed E-state index contributed by atoms with van der Waals surface area (Å²) >= 11 is 0.879. The second kappa shape index (κ2) is 9.89. The predicted molar refractivity (Wildman–Crippen MR) is 117 cm³/mol. The Kier molecular flexibility index (Phi) is 7.03. The van der Waals surface area contributed by atoms with Crippen LogP contribution in [0.25, 0.3) is 12.2 Å². The van der Waals surface area contributed by atoms with E-state index in [1.165, 1.54) is 6.08 Å². The van der Waals surface area contributed by atoms with Crippen molar-refractivity contribution < 1.29 is 19.1 Å². The first kappa shape index (κ1) is 21.3. The average molecular weight is 423 g/mol. The fourth-order valence-corrected chi connectivity index (χ4v) is 3.67. The highest BCUT2D eigenvalue weighted by Gasteiger charge is 2.34. The van der Waals surface area contributed by atoms with Gasteiger partial charge in [0.05, 0.1) is 12.0 Å². The van der Waals surface area contributed by atoms with E-state index in [1.807, 2.05) is 25.1 Å². The Morgan fingerprint density at radius 3 is 2.87 bits per heavy atom. The molecule has 3 amide bonds. The first-order chi connectivity index (χ1) is 14.5. The minimum atomic E-state index is -0.372. The van der Waals surface area contributed by atoms with E-state index in [-0.39, 0.29) is 30.1 Å². The van der Waals surface area contributed by atoms with Gasteiger partial charge in [0, 0.05) is 37.1 Å². The van der Waals surface area contributed by atoms with Gasteiger partial charge >= 0.3 is 0 Å². The maximum absolute atomic E-state index is 12.5. The zero-order valence-electron chi connectivity index (χ0n) is 16.6. The number of thioether (sulfide) groups is 1. The van der Waals surface area contributed by atoms with Crippen LogP contribution in [0.15, 0.2) is 53.7 Å². The smallest absolute Gasteiger partial charge is 0.293 e. The Labute approximate surface area is 178 Å². The number of ether oxygens (including phenoxy) is 1. The molecule has 1 saturated heterocycles. The van der Waals surface area contributed by atoms with E-state index in [0.717, 1.165) is 33.4 Å². The SMILES string of the molecule is COc1ccc(C)cc1C=CC(=O)NCCN1C(=O)SC(=Cc2cccnc2)C1=O. The van der Waals surface area contributed by atoms with Gasteiger partial charge in [0.15, 0.2) is 0 Å². The Bertz CT molecular complexity index is 1020. The number of nitrogens with zero attached hydrogens (tertiary/aromatic N) is 2. The Balaban J connectivity index is 1.54. The van der Waals surface area contributed by atoms with Crippen LogP contribution in [0.4, 0.5) is 4.79 Å². The number of hydrogen-bond acceptors (Lipinski definition) is 6. The molecule has 2 heterocycles. The highest BCUT2D eigenvalue weighted by atomic mass is 32.2. The van der Waals surface area contributed by atoms with Crippen molar-refractivity contribution in [3.05, 3.63) is 70.4 Å². The second-order valence-electron chi connectivity index (χ2n) is 6.49. The maximum Gasteiger partial charge on any atom is 0.293 e. The molecule has 0 saturated carbocycles. The summed E-state index contributed by atoms with van der Waals surface area (Å²) in [6.45, 7) is 2.21. The lowest BCUT2D eigenvalue weighted by molar-refractivity contribution is -0.123. The molecule has 1 N–H and O–H groups in total. The molecule has 1 aliphatic heterocycles. The number of pyridine rings is 1. The number of rotatable bonds is 7. The van der Waals surface area contributed by atoms with E-state index in [9.17, 15) is 14.4 Å². The molecule has 1 aromatic heterocycles. The number of aromatic nitrogens is 1. The standard InChI is InChI=1S/C22H21N3O4S/c1-15-5-7-18(29-2)17(12-15)6-8-20(26)24-10-11-25-21(27)19(30-22(25)28)13-16-4-3-9-23-14-16/h3-9,12-14H,10-11H2,1-2H3,(H,24,26). The number of amides is 3. The zero-order chi connectivity index (χ0) is 21.5. The van der Waals surface area contributed by atoms with Crippen molar-refractivity contribution in [2.45, 2.75) is 6.92 Å². The van der Waals surface area contributed by atoms with Gasteiger partial charge in [-0.05, 0) is 54.6 Å². The van der Waals surface area contributed by atoms with Crippen molar-refractivity contribution in [1.29, 1.82) is 0 Å². The van der Waals surface area contributed by atoms with E-state index in [1.54, 1.807) is 43.8 Å². The van der Waals surface area contributed by atoms with Crippen LogP contribution in [0, 0.1) is 6.92 Å². The number of nitrogens with one attached hydrogen (secondary N) is 1. The van der Waals surface area contributed by atoms with Gasteiger partial charge in [-0.3, -0.25) is 24.3 Å². The van der Waals surface area contributed by atoms with Gasteiger partial charge in [0.25, 0.3) is 11.1 Å². The quantitative estimate of drug-likeness (QED) is 0.688. The molecule has 154 valence electrons. The summed E-state index contributed by atoms with van der Waals surface area (Å²) in [6.07, 6.45) is 7.94. The molecule has 1 aliphatic rings. The summed E-state index contributed by atoms with van der Waals surface area (Å²) in [4.78, 5) is 42.2. The maximum atomic E-state index is 12.5. The van der Waals surface area contributed by atoms with Gasteiger partial charge in [-0.25, -0.2) is 0 Å². The fraction of sp³-hybridized carbons (Fsp3) is 0.182. The molecule has 0 atom stereocenters. The molecule has 0 spiro atoms. The molecule has 3 rings (SSSR count). The van der Waals surface area contributed by atoms with Crippen molar-refractivity contribution >= 4 is 41.0 Å². The third kappa shape index (κ3) is 5.36. The van der Waals surface area contributed by atoms with Gasteiger partial charge in [-0.1, -0.05) is 17.7 Å². The van der Waals surface area contributed by atoms with E-state index < -0.39 is 0 Å². The molecule has 0 bridgehead atoms. The van der Waals surface area contributed by atoms with Gasteiger partial charge in [-0.15, -0.1) is 0 Å². The monoisotopic (exact) mass is 423 g/mol. The van der Waals surface area contributed by atoms with Crippen LogP contribution in [0.3, 0.4) is 0 Å². The lowest BCUT2D eigenvalue weighted by atomic mass is 10.1. The average Bonchev–Trinajstić information content (AvgIpc) is 3.00. The Hall–Kier alpha value is -3.39. The summed E-state index contributed by atoms with van der Waals surface area (Å²) in [7, 11) is 1.57. The van der Waals surface area contributed by atoms with Crippen molar-refractivity contribution in [2.75, 3.05) is 20.2 Å². The minimum absolute atomic E-state index is 0.0996. The summed E-state index contributed by atoms with van der Waals surface area (Å²) < 4.78 is 5.28. The lowest BCUT2D eigenvalue weighted by Crippen LogP contribution is -2.36. The number of methoxy groups -OCH3 is 1. The summed E-state index contributed by atoms with van der Waals surface area (Å²) in [5.41, 5.74) is 2.58. The predicted octanol–water partition coefficient (Wildman–Crippen LogP) is 3.26. The zero-order valence-corrected chi connectivity index (χ0v) is 17.4. The van der Waals surface area contributed by atoms with Crippen LogP contribution < -0.4 is 10.1 Å². The van der Waals surface area contributed by atoms with Crippen LogP contribution >= 0.6 is 11.8 Å². The van der Waals surface area contributed by atoms with Crippen molar-refractivity contribution in [3.63, 3.8) is 0 Å². The van der Waals surface area contributed by atoms with Gasteiger partial charge < -0.3 is 10.1 Å². The fourth-order valence-electron chi connectivity index (χ4n) is 2.80. The van der Waals surface area contributed by atoms with E-state index in [2.05, 4.69) is 10.3 Å². The number of imide groups is 1. The molecule has 1 aromatic carbocycles. The van der Waals surface area contributed by atoms with Crippen molar-refractivity contribution in [1.82, 2.24) is 15.2 Å². The van der Waals surface area contributed by atoms with Crippen LogP contribution in [0.1, 0.15) is 16.7 Å². The molecular weight excluding hydrogens is 402 g/mol. The molecule has 0 unspecified atom stereocenters. The first-order valence-electron chi connectivity index (χ1n) is 9.24. The van der Waals surface area contributed by atoms with Crippen LogP contribution in [0.5, 0.6) is 5.75 Å². The molecule has 30 heavy (non-hydrogen) atoms. The third-order valence-electron chi connectivity index (χ3n) is 4.29. The first-order valence-corrected chi connectivity index (χ1v) is 10.1. The highest BCUT2D eigenvalue weighted by Crippen LogP contribution is 2.31. The van der Waals surface area contributed by atoms with Gasteiger partial charge in [0.2, 0.25) is 5.91 Å². The number of hydrogen-bond donors (Lipinski definition) is 1. The third-order valence-corrected chi connectivity index (χ3v) is 5.20.